The maximum atomic E-state index is 14.3. The van der Waals surface area contributed by atoms with Gasteiger partial charge in [-0.1, -0.05) is 37.3 Å². The standard InChI is InChI=1S/C29H35N3O6/c1-4-28-14-15-29(38-28)23(22(28)25(34)30-2)27(36)32(20(17-33)16-18-8-6-5-7-9-18)24(29)26(35)31-19-10-12-21(37-3)13-11-19/h5-13,20,22-24,33H,4,14-17H2,1-3H3,(H,30,34)(H,31,35)/t20-,22+,23+,24?,28-,29?/m1/s1. The van der Waals surface area contributed by atoms with E-state index in [2.05, 4.69) is 10.6 Å². The van der Waals surface area contributed by atoms with Crippen molar-refractivity contribution < 1.29 is 29.0 Å². The molecule has 3 amide bonds. The quantitative estimate of drug-likeness (QED) is 0.466. The molecule has 3 aliphatic rings. The number of carbonyl (C=O) groups is 3. The number of nitrogens with one attached hydrogen (secondary N) is 2. The Morgan fingerprint density at radius 1 is 1.13 bits per heavy atom. The van der Waals surface area contributed by atoms with Crippen LogP contribution in [0.4, 0.5) is 5.69 Å². The van der Waals surface area contributed by atoms with Crippen molar-refractivity contribution in [3.8, 4) is 5.75 Å². The molecule has 2 aromatic carbocycles. The van der Waals surface area contributed by atoms with Gasteiger partial charge in [0.1, 0.15) is 17.4 Å². The molecular weight excluding hydrogens is 486 g/mol. The highest BCUT2D eigenvalue weighted by Gasteiger charge is 2.79. The minimum absolute atomic E-state index is 0.258. The predicted molar refractivity (Wildman–Crippen MR) is 140 cm³/mol. The second-order valence-corrected chi connectivity index (χ2v) is 10.4. The van der Waals surface area contributed by atoms with Crippen molar-refractivity contribution in [1.29, 1.82) is 0 Å². The number of hydrogen-bond acceptors (Lipinski definition) is 6. The fourth-order valence-electron chi connectivity index (χ4n) is 6.92. The fraction of sp³-hybridized carbons (Fsp3) is 0.483. The minimum atomic E-state index is -1.16. The van der Waals surface area contributed by atoms with E-state index in [-0.39, 0.29) is 18.4 Å². The zero-order valence-electron chi connectivity index (χ0n) is 22.0. The summed E-state index contributed by atoms with van der Waals surface area (Å²) in [5.74, 6) is -1.85. The summed E-state index contributed by atoms with van der Waals surface area (Å²) in [6, 6.07) is 14.8. The first kappa shape index (κ1) is 26.2. The summed E-state index contributed by atoms with van der Waals surface area (Å²) in [6.07, 6.45) is 1.97. The number of likely N-dealkylation sites (tertiary alicyclic amines) is 1. The van der Waals surface area contributed by atoms with Crippen LogP contribution >= 0.6 is 0 Å². The zero-order chi connectivity index (χ0) is 27.1. The Morgan fingerprint density at radius 3 is 2.45 bits per heavy atom. The number of carbonyl (C=O) groups excluding carboxylic acids is 3. The first-order valence-corrected chi connectivity index (χ1v) is 13.2. The lowest BCUT2D eigenvalue weighted by Crippen LogP contribution is -2.57. The van der Waals surface area contributed by atoms with Crippen LogP contribution in [-0.2, 0) is 25.5 Å². The van der Waals surface area contributed by atoms with Gasteiger partial charge in [-0.2, -0.15) is 0 Å². The number of benzene rings is 2. The number of methoxy groups -OCH3 is 1. The van der Waals surface area contributed by atoms with Gasteiger partial charge in [0, 0.05) is 12.7 Å². The molecule has 3 fully saturated rings. The lowest BCUT2D eigenvalue weighted by atomic mass is 9.65. The molecule has 9 heteroatoms. The number of fused-ring (bicyclic) bond motifs is 1. The number of aliphatic hydroxyl groups excluding tert-OH is 1. The Balaban J connectivity index is 1.57. The van der Waals surface area contributed by atoms with Gasteiger partial charge in [0.15, 0.2) is 0 Å². The SMILES string of the molecule is CC[C@]12CCC3(O1)C(C(=O)Nc1ccc(OC)cc1)N([C@@H](CO)Cc1ccccc1)C(=O)[C@@H]3[C@H]2C(=O)NC. The molecule has 3 aliphatic heterocycles. The summed E-state index contributed by atoms with van der Waals surface area (Å²) >= 11 is 0. The molecule has 2 aromatic rings. The molecule has 9 nitrogen and oxygen atoms in total. The van der Waals surface area contributed by atoms with E-state index >= 15 is 0 Å². The average molecular weight is 522 g/mol. The number of nitrogens with zero attached hydrogens (tertiary/aromatic N) is 1. The van der Waals surface area contributed by atoms with Crippen molar-refractivity contribution in [1.82, 2.24) is 10.2 Å². The van der Waals surface area contributed by atoms with Crippen molar-refractivity contribution >= 4 is 23.4 Å². The molecule has 2 bridgehead atoms. The Kier molecular flexibility index (Phi) is 6.92. The lowest BCUT2D eigenvalue weighted by Gasteiger charge is -2.37. The van der Waals surface area contributed by atoms with Gasteiger partial charge in [-0.05, 0) is 55.5 Å². The predicted octanol–water partition coefficient (Wildman–Crippen LogP) is 2.14. The molecule has 3 heterocycles. The van der Waals surface area contributed by atoms with Crippen LogP contribution in [0.25, 0.3) is 0 Å². The molecule has 3 N–H and O–H groups in total. The van der Waals surface area contributed by atoms with Crippen LogP contribution in [0.1, 0.15) is 31.7 Å². The van der Waals surface area contributed by atoms with Crippen LogP contribution in [0.3, 0.4) is 0 Å². The van der Waals surface area contributed by atoms with Crippen molar-refractivity contribution in [2.24, 2.45) is 11.8 Å². The molecular formula is C29H35N3O6. The first-order valence-electron chi connectivity index (χ1n) is 13.2. The third-order valence-electron chi connectivity index (χ3n) is 8.67. The molecule has 202 valence electrons. The Hall–Kier alpha value is -3.43. The van der Waals surface area contributed by atoms with E-state index in [0.717, 1.165) is 5.56 Å². The number of rotatable bonds is 9. The molecule has 6 atom stereocenters. The topological polar surface area (TPSA) is 117 Å². The highest BCUT2D eigenvalue weighted by molar-refractivity contribution is 6.04. The van der Waals surface area contributed by atoms with Crippen LogP contribution in [-0.4, -0.2) is 71.8 Å². The van der Waals surface area contributed by atoms with Gasteiger partial charge in [-0.15, -0.1) is 0 Å². The zero-order valence-corrected chi connectivity index (χ0v) is 22.0. The van der Waals surface area contributed by atoms with Crippen LogP contribution in [0.2, 0.25) is 0 Å². The van der Waals surface area contributed by atoms with Crippen LogP contribution < -0.4 is 15.4 Å². The van der Waals surface area contributed by atoms with E-state index in [1.165, 1.54) is 4.90 Å². The highest BCUT2D eigenvalue weighted by atomic mass is 16.5. The van der Waals surface area contributed by atoms with Gasteiger partial charge in [-0.25, -0.2) is 0 Å². The van der Waals surface area contributed by atoms with Gasteiger partial charge in [-0.3, -0.25) is 14.4 Å². The van der Waals surface area contributed by atoms with Gasteiger partial charge in [0.2, 0.25) is 17.7 Å². The van der Waals surface area contributed by atoms with Crippen LogP contribution in [0.5, 0.6) is 5.75 Å². The number of hydrogen-bond donors (Lipinski definition) is 3. The number of anilines is 1. The van der Waals surface area contributed by atoms with Gasteiger partial charge in [0.25, 0.3) is 0 Å². The molecule has 0 radical (unpaired) electrons. The Labute approximate surface area is 222 Å². The summed E-state index contributed by atoms with van der Waals surface area (Å²) < 4.78 is 11.9. The summed E-state index contributed by atoms with van der Waals surface area (Å²) in [5, 5.41) is 16.2. The van der Waals surface area contributed by atoms with E-state index in [1.807, 2.05) is 37.3 Å². The van der Waals surface area contributed by atoms with E-state index in [1.54, 1.807) is 38.4 Å². The fourth-order valence-corrected chi connectivity index (χ4v) is 6.92. The lowest BCUT2D eigenvalue weighted by molar-refractivity contribution is -0.149. The van der Waals surface area contributed by atoms with Crippen molar-refractivity contribution in [2.75, 3.05) is 26.1 Å². The highest BCUT2D eigenvalue weighted by Crippen LogP contribution is 2.64. The van der Waals surface area contributed by atoms with Crippen LogP contribution in [0.15, 0.2) is 54.6 Å². The summed E-state index contributed by atoms with van der Waals surface area (Å²) in [7, 11) is 3.12. The Morgan fingerprint density at radius 2 is 1.84 bits per heavy atom. The van der Waals surface area contributed by atoms with Gasteiger partial charge in [0.05, 0.1) is 37.2 Å². The van der Waals surface area contributed by atoms with E-state index < -0.39 is 41.0 Å². The summed E-state index contributed by atoms with van der Waals surface area (Å²) in [5.41, 5.74) is -0.488. The van der Waals surface area contributed by atoms with Crippen molar-refractivity contribution in [3.63, 3.8) is 0 Å². The molecule has 0 aliphatic carbocycles. The van der Waals surface area contributed by atoms with Crippen LogP contribution in [0, 0.1) is 11.8 Å². The van der Waals surface area contributed by atoms with E-state index in [9.17, 15) is 19.5 Å². The number of aliphatic hydroxyl groups is 1. The largest absolute Gasteiger partial charge is 0.497 e. The van der Waals surface area contributed by atoms with Crippen molar-refractivity contribution in [3.05, 3.63) is 60.2 Å². The molecule has 5 rings (SSSR count). The van der Waals surface area contributed by atoms with Gasteiger partial charge < -0.3 is 30.1 Å². The molecule has 0 saturated carbocycles. The second-order valence-electron chi connectivity index (χ2n) is 10.4. The molecule has 1 spiro atoms. The molecule has 0 aromatic heterocycles. The van der Waals surface area contributed by atoms with Gasteiger partial charge >= 0.3 is 0 Å². The van der Waals surface area contributed by atoms with E-state index in [0.29, 0.717) is 37.1 Å². The van der Waals surface area contributed by atoms with Crippen molar-refractivity contribution in [2.45, 2.75) is 55.9 Å². The monoisotopic (exact) mass is 521 g/mol. The maximum Gasteiger partial charge on any atom is 0.250 e. The smallest absolute Gasteiger partial charge is 0.250 e. The minimum Gasteiger partial charge on any atom is -0.497 e. The molecule has 3 saturated heterocycles. The first-order chi connectivity index (χ1) is 18.3. The summed E-state index contributed by atoms with van der Waals surface area (Å²) in [6.45, 7) is 1.62. The molecule has 38 heavy (non-hydrogen) atoms. The number of ether oxygens (including phenoxy) is 2. The third kappa shape index (κ3) is 3.96. The third-order valence-corrected chi connectivity index (χ3v) is 8.67. The average Bonchev–Trinajstić information content (AvgIpc) is 3.56. The Bertz CT molecular complexity index is 1200. The number of amides is 3. The molecule has 2 unspecified atom stereocenters. The summed E-state index contributed by atoms with van der Waals surface area (Å²) in [4.78, 5) is 43.0. The maximum absolute atomic E-state index is 14.3. The second kappa shape index (κ2) is 10.0. The normalized spacial score (nSPS) is 30.2. The van der Waals surface area contributed by atoms with E-state index in [4.69, 9.17) is 9.47 Å².